The van der Waals surface area contributed by atoms with E-state index in [9.17, 15) is 20.0 Å². The standard InChI is InChI=1S/C16H18BrN3O4/c1-19-13-5-4-10(20(23)24)8-11(13)15(14(17)16(19)22)18-12(6-7-21)9-2-3-9/h4-5,8-9,12,18,21H,2-3,6-7H2,1H3. The molecular formula is C16H18BrN3O4. The molecule has 2 N–H and O–H groups in total. The molecule has 8 heteroatoms. The second-order valence-electron chi connectivity index (χ2n) is 6.11. The van der Waals surface area contributed by atoms with E-state index in [4.69, 9.17) is 0 Å². The summed E-state index contributed by atoms with van der Waals surface area (Å²) in [4.78, 5) is 23.1. The average Bonchev–Trinajstić information content (AvgIpc) is 3.40. The number of nitro groups is 1. The number of benzene rings is 1. The lowest BCUT2D eigenvalue weighted by Crippen LogP contribution is -2.26. The number of rotatable bonds is 6. The number of nitrogens with one attached hydrogen (secondary N) is 1. The molecule has 0 saturated heterocycles. The van der Waals surface area contributed by atoms with Crippen molar-refractivity contribution < 1.29 is 10.0 Å². The number of fused-ring (bicyclic) bond motifs is 1. The van der Waals surface area contributed by atoms with Crippen molar-refractivity contribution in [3.63, 3.8) is 0 Å². The number of aliphatic hydroxyl groups is 1. The summed E-state index contributed by atoms with van der Waals surface area (Å²) >= 11 is 3.33. The van der Waals surface area contributed by atoms with Gasteiger partial charge in [-0.05, 0) is 47.2 Å². The van der Waals surface area contributed by atoms with Gasteiger partial charge in [-0.25, -0.2) is 0 Å². The molecule has 0 radical (unpaired) electrons. The third-order valence-corrected chi connectivity index (χ3v) is 5.23. The number of pyridine rings is 1. The Morgan fingerprint density at radius 2 is 2.21 bits per heavy atom. The zero-order chi connectivity index (χ0) is 17.4. The molecule has 1 unspecified atom stereocenters. The van der Waals surface area contributed by atoms with Crippen molar-refractivity contribution in [3.8, 4) is 0 Å². The number of aliphatic hydroxyl groups excluding tert-OH is 1. The fraction of sp³-hybridized carbons (Fsp3) is 0.438. The van der Waals surface area contributed by atoms with Crippen LogP contribution < -0.4 is 10.9 Å². The maximum Gasteiger partial charge on any atom is 0.270 e. The topological polar surface area (TPSA) is 97.4 Å². The Morgan fingerprint density at radius 1 is 1.50 bits per heavy atom. The normalized spacial score (nSPS) is 15.5. The summed E-state index contributed by atoms with van der Waals surface area (Å²) in [6.45, 7) is 0.0503. The summed E-state index contributed by atoms with van der Waals surface area (Å²) in [5, 5.41) is 24.3. The van der Waals surface area contributed by atoms with Crippen LogP contribution in [0.15, 0.2) is 27.5 Å². The van der Waals surface area contributed by atoms with E-state index < -0.39 is 4.92 Å². The van der Waals surface area contributed by atoms with Gasteiger partial charge in [-0.15, -0.1) is 0 Å². The minimum absolute atomic E-state index is 0.0266. The molecule has 1 aromatic heterocycles. The number of hydrogen-bond acceptors (Lipinski definition) is 5. The van der Waals surface area contributed by atoms with E-state index in [0.717, 1.165) is 12.8 Å². The van der Waals surface area contributed by atoms with Crippen molar-refractivity contribution in [3.05, 3.63) is 43.1 Å². The van der Waals surface area contributed by atoms with E-state index in [-0.39, 0.29) is 23.9 Å². The molecule has 7 nitrogen and oxygen atoms in total. The Morgan fingerprint density at radius 3 is 2.79 bits per heavy atom. The highest BCUT2D eigenvalue weighted by atomic mass is 79.9. The fourth-order valence-electron chi connectivity index (χ4n) is 3.00. The summed E-state index contributed by atoms with van der Waals surface area (Å²) in [5.74, 6) is 0.460. The molecule has 0 aliphatic heterocycles. The van der Waals surface area contributed by atoms with Crippen LogP contribution in [-0.2, 0) is 7.05 Å². The van der Waals surface area contributed by atoms with Crippen LogP contribution in [0.2, 0.25) is 0 Å². The minimum atomic E-state index is -0.450. The highest BCUT2D eigenvalue weighted by Crippen LogP contribution is 2.38. The van der Waals surface area contributed by atoms with Gasteiger partial charge in [0.25, 0.3) is 11.2 Å². The maximum absolute atomic E-state index is 12.4. The summed E-state index contributed by atoms with van der Waals surface area (Å²) in [5.41, 5.74) is 0.940. The van der Waals surface area contributed by atoms with Gasteiger partial charge in [0.1, 0.15) is 4.47 Å². The Labute approximate surface area is 146 Å². The van der Waals surface area contributed by atoms with Gasteiger partial charge in [-0.3, -0.25) is 14.9 Å². The van der Waals surface area contributed by atoms with Crippen LogP contribution in [0.1, 0.15) is 19.3 Å². The van der Waals surface area contributed by atoms with Gasteiger partial charge >= 0.3 is 0 Å². The van der Waals surface area contributed by atoms with E-state index in [1.165, 1.54) is 16.7 Å². The molecule has 1 aliphatic carbocycles. The molecule has 1 atom stereocenters. The Bertz CT molecular complexity index is 861. The monoisotopic (exact) mass is 395 g/mol. The first-order valence-corrected chi connectivity index (χ1v) is 8.57. The molecule has 1 heterocycles. The number of nitrogens with zero attached hydrogens (tertiary/aromatic N) is 2. The summed E-state index contributed by atoms with van der Waals surface area (Å²) < 4.78 is 1.81. The fourth-order valence-corrected chi connectivity index (χ4v) is 3.60. The van der Waals surface area contributed by atoms with Crippen molar-refractivity contribution >= 4 is 38.2 Å². The average molecular weight is 396 g/mol. The molecule has 0 bridgehead atoms. The lowest BCUT2D eigenvalue weighted by Gasteiger charge is -2.21. The highest BCUT2D eigenvalue weighted by Gasteiger charge is 2.32. The second kappa shape index (κ2) is 6.52. The molecular weight excluding hydrogens is 378 g/mol. The Kier molecular flexibility index (Phi) is 4.60. The molecule has 0 spiro atoms. The third kappa shape index (κ3) is 3.03. The first kappa shape index (κ1) is 16.9. The SMILES string of the molecule is Cn1c(=O)c(Br)c(NC(CCO)C2CC2)c2cc([N+](=O)[O-])ccc21. The molecule has 128 valence electrons. The van der Waals surface area contributed by atoms with E-state index in [1.54, 1.807) is 13.1 Å². The first-order valence-electron chi connectivity index (χ1n) is 7.78. The van der Waals surface area contributed by atoms with Crippen LogP contribution in [-0.4, -0.2) is 27.2 Å². The molecule has 3 rings (SSSR count). The molecule has 1 saturated carbocycles. The first-order chi connectivity index (χ1) is 11.4. The smallest absolute Gasteiger partial charge is 0.270 e. The zero-order valence-corrected chi connectivity index (χ0v) is 14.7. The number of halogens is 1. The number of nitro benzene ring substituents is 1. The molecule has 1 aliphatic rings. The van der Waals surface area contributed by atoms with Gasteiger partial charge in [0, 0.05) is 37.2 Å². The Hall–Kier alpha value is -1.93. The van der Waals surface area contributed by atoms with Crippen LogP contribution in [0.25, 0.3) is 10.9 Å². The second-order valence-corrected chi connectivity index (χ2v) is 6.91. The van der Waals surface area contributed by atoms with Crippen LogP contribution >= 0.6 is 15.9 Å². The van der Waals surface area contributed by atoms with Gasteiger partial charge in [0.15, 0.2) is 0 Å². The lowest BCUT2D eigenvalue weighted by atomic mass is 10.1. The predicted molar refractivity (Wildman–Crippen MR) is 95.4 cm³/mol. The summed E-state index contributed by atoms with van der Waals surface area (Å²) in [6, 6.07) is 4.50. The minimum Gasteiger partial charge on any atom is -0.396 e. The maximum atomic E-state index is 12.4. The summed E-state index contributed by atoms with van der Waals surface area (Å²) in [7, 11) is 1.64. The van der Waals surface area contributed by atoms with E-state index in [0.29, 0.717) is 33.4 Å². The molecule has 24 heavy (non-hydrogen) atoms. The van der Waals surface area contributed by atoms with Crippen molar-refractivity contribution in [1.29, 1.82) is 0 Å². The van der Waals surface area contributed by atoms with Crippen molar-refractivity contribution in [2.75, 3.05) is 11.9 Å². The quantitative estimate of drug-likeness (QED) is 0.578. The molecule has 2 aromatic rings. The lowest BCUT2D eigenvalue weighted by molar-refractivity contribution is -0.384. The van der Waals surface area contributed by atoms with Gasteiger partial charge in [0.2, 0.25) is 0 Å². The number of hydrogen-bond donors (Lipinski definition) is 2. The zero-order valence-electron chi connectivity index (χ0n) is 13.2. The van der Waals surface area contributed by atoms with Gasteiger partial charge in [-0.2, -0.15) is 0 Å². The van der Waals surface area contributed by atoms with E-state index in [1.807, 2.05) is 0 Å². The van der Waals surface area contributed by atoms with E-state index >= 15 is 0 Å². The largest absolute Gasteiger partial charge is 0.396 e. The van der Waals surface area contributed by atoms with Crippen LogP contribution in [0.3, 0.4) is 0 Å². The molecule has 1 fully saturated rings. The van der Waals surface area contributed by atoms with Crippen LogP contribution in [0.5, 0.6) is 0 Å². The van der Waals surface area contributed by atoms with Crippen LogP contribution in [0.4, 0.5) is 11.4 Å². The summed E-state index contributed by atoms with van der Waals surface area (Å²) in [6.07, 6.45) is 2.74. The number of anilines is 1. The van der Waals surface area contributed by atoms with Crippen molar-refractivity contribution in [1.82, 2.24) is 4.57 Å². The van der Waals surface area contributed by atoms with Crippen molar-refractivity contribution in [2.24, 2.45) is 13.0 Å². The Balaban J connectivity index is 2.18. The third-order valence-electron chi connectivity index (χ3n) is 4.49. The number of non-ortho nitro benzene ring substituents is 1. The van der Waals surface area contributed by atoms with Crippen molar-refractivity contribution in [2.45, 2.75) is 25.3 Å². The number of aryl methyl sites for hydroxylation is 1. The predicted octanol–water partition coefficient (Wildman–Crippen LogP) is 2.78. The van der Waals surface area contributed by atoms with Gasteiger partial charge < -0.3 is 15.0 Å². The number of aromatic nitrogens is 1. The van der Waals surface area contributed by atoms with Crippen LogP contribution in [0, 0.1) is 16.0 Å². The molecule has 1 aromatic carbocycles. The highest BCUT2D eigenvalue weighted by molar-refractivity contribution is 9.10. The van der Waals surface area contributed by atoms with Gasteiger partial charge in [-0.1, -0.05) is 0 Å². The van der Waals surface area contributed by atoms with E-state index in [2.05, 4.69) is 21.2 Å². The molecule has 0 amide bonds. The van der Waals surface area contributed by atoms with Gasteiger partial charge in [0.05, 0.1) is 16.1 Å².